The summed E-state index contributed by atoms with van der Waals surface area (Å²) in [7, 11) is 0. The molecule has 1 aliphatic carbocycles. The minimum absolute atomic E-state index is 0.0124. The maximum atomic E-state index is 15.3. The minimum atomic E-state index is -1.06. The Morgan fingerprint density at radius 3 is 2.27 bits per heavy atom. The highest BCUT2D eigenvalue weighted by Crippen LogP contribution is 2.53. The summed E-state index contributed by atoms with van der Waals surface area (Å²) in [5.41, 5.74) is 2.76. The molecule has 0 atom stereocenters. The maximum Gasteiger partial charge on any atom is 0.323 e. The average Bonchev–Trinajstić information content (AvgIpc) is 3.70. The van der Waals surface area contributed by atoms with Crippen LogP contribution in [0.1, 0.15) is 41.6 Å². The first-order chi connectivity index (χ1) is 21.6. The quantitative estimate of drug-likeness (QED) is 0.113. The third-order valence-electron chi connectivity index (χ3n) is 8.00. The standard InChI is InChI=1S/C35H32F3NO6/c1-22-26(19-35(15-16-35)20-30(40)41)32-27(36)14-11-24(34(32)39(22)21-31(42)43)10-7-23-8-12-25(13-9-23)44-17-2-3-18-45-29-6-4-5-28(37)33(29)38/h2-14H,15-21H2,1H3,(H,40,41)(H,42,43)/b3-2+,10-7?. The molecule has 4 aromatic rings. The number of nitrogens with zero attached hydrogens (tertiary/aromatic N) is 1. The number of halogens is 3. The van der Waals surface area contributed by atoms with Gasteiger partial charge in [-0.15, -0.1) is 0 Å². The zero-order valence-corrected chi connectivity index (χ0v) is 24.6. The number of benzene rings is 3. The van der Waals surface area contributed by atoms with E-state index >= 15 is 4.39 Å². The maximum absolute atomic E-state index is 15.3. The molecule has 0 unspecified atom stereocenters. The van der Waals surface area contributed by atoms with E-state index in [1.54, 1.807) is 47.9 Å². The monoisotopic (exact) mass is 619 g/mol. The molecule has 2 N–H and O–H groups in total. The minimum Gasteiger partial charge on any atom is -0.490 e. The van der Waals surface area contributed by atoms with E-state index in [0.717, 1.165) is 24.5 Å². The Morgan fingerprint density at radius 1 is 0.889 bits per heavy atom. The van der Waals surface area contributed by atoms with Gasteiger partial charge in [0.2, 0.25) is 5.82 Å². The molecule has 0 radical (unpaired) electrons. The fraction of sp³-hybridized carbons (Fsp3) is 0.257. The van der Waals surface area contributed by atoms with Gasteiger partial charge in [0.15, 0.2) is 11.6 Å². The topological polar surface area (TPSA) is 98.0 Å². The van der Waals surface area contributed by atoms with E-state index < -0.39 is 34.8 Å². The van der Waals surface area contributed by atoms with Crippen LogP contribution in [0, 0.1) is 29.8 Å². The number of rotatable bonds is 14. The molecular weight excluding hydrogens is 587 g/mol. The lowest BCUT2D eigenvalue weighted by atomic mass is 9.91. The smallest absolute Gasteiger partial charge is 0.323 e. The van der Waals surface area contributed by atoms with Crippen LogP contribution in [-0.2, 0) is 22.6 Å². The Morgan fingerprint density at radius 2 is 1.60 bits per heavy atom. The number of carbonyl (C=O) groups is 2. The summed E-state index contributed by atoms with van der Waals surface area (Å²) >= 11 is 0. The van der Waals surface area contributed by atoms with Crippen LogP contribution >= 0.6 is 0 Å². The molecule has 0 spiro atoms. The molecule has 10 heteroatoms. The van der Waals surface area contributed by atoms with Crippen LogP contribution in [0.5, 0.6) is 11.5 Å². The highest BCUT2D eigenvalue weighted by molar-refractivity contribution is 5.95. The first kappa shape index (κ1) is 31.4. The van der Waals surface area contributed by atoms with E-state index in [1.807, 2.05) is 18.2 Å². The molecule has 1 saturated carbocycles. The number of aliphatic carboxylic acids is 2. The van der Waals surface area contributed by atoms with Gasteiger partial charge in [0.05, 0.1) is 11.9 Å². The molecule has 234 valence electrons. The molecule has 1 aliphatic rings. The van der Waals surface area contributed by atoms with Crippen LogP contribution < -0.4 is 9.47 Å². The van der Waals surface area contributed by atoms with Gasteiger partial charge in [0.1, 0.15) is 31.3 Å². The fourth-order valence-corrected chi connectivity index (χ4v) is 5.52. The van der Waals surface area contributed by atoms with Crippen molar-refractivity contribution < 1.29 is 42.4 Å². The SMILES string of the molecule is Cc1c(CC2(CC(=O)O)CC2)c2c(F)ccc(C=Cc3ccc(OC/C=C/COc4cccc(F)c4F)cc3)c2n1CC(=O)O. The summed E-state index contributed by atoms with van der Waals surface area (Å²) in [6.07, 6.45) is 8.78. The molecule has 1 heterocycles. The van der Waals surface area contributed by atoms with Crippen molar-refractivity contribution in [1.82, 2.24) is 4.57 Å². The van der Waals surface area contributed by atoms with Gasteiger partial charge in [-0.3, -0.25) is 9.59 Å². The molecule has 7 nitrogen and oxygen atoms in total. The Bertz CT molecular complexity index is 1790. The van der Waals surface area contributed by atoms with Gasteiger partial charge in [-0.1, -0.05) is 30.4 Å². The van der Waals surface area contributed by atoms with Gasteiger partial charge < -0.3 is 24.3 Å². The molecule has 1 aromatic heterocycles. The van der Waals surface area contributed by atoms with E-state index in [4.69, 9.17) is 9.47 Å². The Hall–Kier alpha value is -4.99. The first-order valence-corrected chi connectivity index (χ1v) is 14.4. The van der Waals surface area contributed by atoms with Crippen molar-refractivity contribution in [2.24, 2.45) is 5.41 Å². The Balaban J connectivity index is 1.28. The number of carboxylic acid groups (broad SMARTS) is 2. The van der Waals surface area contributed by atoms with Gasteiger partial charge in [0.25, 0.3) is 0 Å². The van der Waals surface area contributed by atoms with Crippen molar-refractivity contribution in [3.05, 3.63) is 107 Å². The predicted octanol–water partition coefficient (Wildman–Crippen LogP) is 7.43. The van der Waals surface area contributed by atoms with Crippen molar-refractivity contribution in [3.63, 3.8) is 0 Å². The summed E-state index contributed by atoms with van der Waals surface area (Å²) in [6.45, 7) is 1.68. The second-order valence-corrected chi connectivity index (χ2v) is 11.2. The number of fused-ring (bicyclic) bond motifs is 1. The van der Waals surface area contributed by atoms with Crippen LogP contribution in [0.3, 0.4) is 0 Å². The second-order valence-electron chi connectivity index (χ2n) is 11.2. The van der Waals surface area contributed by atoms with Crippen LogP contribution in [-0.4, -0.2) is 39.9 Å². The van der Waals surface area contributed by atoms with Crippen molar-refractivity contribution in [2.75, 3.05) is 13.2 Å². The number of aromatic nitrogens is 1. The molecule has 0 amide bonds. The normalized spacial score (nSPS) is 14.0. The Labute approximate surface area is 257 Å². The lowest BCUT2D eigenvalue weighted by Gasteiger charge is -2.13. The number of hydrogen-bond donors (Lipinski definition) is 2. The van der Waals surface area contributed by atoms with Crippen LogP contribution in [0.25, 0.3) is 23.1 Å². The lowest BCUT2D eigenvalue weighted by Crippen LogP contribution is -2.13. The van der Waals surface area contributed by atoms with E-state index in [-0.39, 0.29) is 31.9 Å². The van der Waals surface area contributed by atoms with E-state index in [2.05, 4.69) is 0 Å². The summed E-state index contributed by atoms with van der Waals surface area (Å²) in [5.74, 6) is -4.01. The summed E-state index contributed by atoms with van der Waals surface area (Å²) in [5, 5.41) is 19.4. The molecule has 5 rings (SSSR count). The zero-order valence-electron chi connectivity index (χ0n) is 24.6. The molecule has 0 saturated heterocycles. The average molecular weight is 620 g/mol. The van der Waals surface area contributed by atoms with Gasteiger partial charge in [-0.05, 0) is 96.8 Å². The molecule has 0 bridgehead atoms. The van der Waals surface area contributed by atoms with Gasteiger partial charge in [-0.2, -0.15) is 4.39 Å². The van der Waals surface area contributed by atoms with Gasteiger partial charge in [-0.25, -0.2) is 8.78 Å². The lowest BCUT2D eigenvalue weighted by molar-refractivity contribution is -0.139. The van der Waals surface area contributed by atoms with Crippen LogP contribution in [0.15, 0.2) is 66.7 Å². The number of carboxylic acids is 2. The predicted molar refractivity (Wildman–Crippen MR) is 164 cm³/mol. The van der Waals surface area contributed by atoms with Gasteiger partial charge >= 0.3 is 11.9 Å². The van der Waals surface area contributed by atoms with Crippen molar-refractivity contribution in [1.29, 1.82) is 0 Å². The number of ether oxygens (including phenoxy) is 2. The summed E-state index contributed by atoms with van der Waals surface area (Å²) in [4.78, 5) is 23.2. The first-order valence-electron chi connectivity index (χ1n) is 14.4. The molecule has 0 aliphatic heterocycles. The van der Waals surface area contributed by atoms with Crippen LogP contribution in [0.4, 0.5) is 13.2 Å². The van der Waals surface area contributed by atoms with Crippen molar-refractivity contribution in [2.45, 2.75) is 39.2 Å². The Kier molecular flexibility index (Phi) is 9.32. The number of hydrogen-bond acceptors (Lipinski definition) is 4. The van der Waals surface area contributed by atoms with Crippen molar-refractivity contribution >= 4 is 35.0 Å². The summed E-state index contributed by atoms with van der Waals surface area (Å²) < 4.78 is 54.7. The third-order valence-corrected chi connectivity index (χ3v) is 8.00. The highest BCUT2D eigenvalue weighted by Gasteiger charge is 2.45. The van der Waals surface area contributed by atoms with E-state index in [9.17, 15) is 28.6 Å². The largest absolute Gasteiger partial charge is 0.490 e. The van der Waals surface area contributed by atoms with Gasteiger partial charge in [0, 0.05) is 11.1 Å². The van der Waals surface area contributed by atoms with E-state index in [0.29, 0.717) is 39.9 Å². The van der Waals surface area contributed by atoms with Crippen molar-refractivity contribution in [3.8, 4) is 11.5 Å². The fourth-order valence-electron chi connectivity index (χ4n) is 5.52. The molecule has 45 heavy (non-hydrogen) atoms. The molecule has 1 fully saturated rings. The highest BCUT2D eigenvalue weighted by atomic mass is 19.2. The van der Waals surface area contributed by atoms with Crippen LogP contribution in [0.2, 0.25) is 0 Å². The third kappa shape index (κ3) is 7.39. The zero-order chi connectivity index (χ0) is 32.1. The molecule has 3 aromatic carbocycles. The summed E-state index contributed by atoms with van der Waals surface area (Å²) in [6, 6.07) is 13.9. The molecular formula is C35H32F3NO6. The van der Waals surface area contributed by atoms with E-state index in [1.165, 1.54) is 18.2 Å². The second kappa shape index (κ2) is 13.3.